The average molecular weight is 685 g/mol. The van der Waals surface area contributed by atoms with Crippen molar-refractivity contribution >= 4 is 17.3 Å². The molecule has 3 aromatic carbocycles. The van der Waals surface area contributed by atoms with Crippen LogP contribution < -0.4 is 14.5 Å². The van der Waals surface area contributed by atoms with E-state index in [2.05, 4.69) is 84.2 Å². The van der Waals surface area contributed by atoms with E-state index in [0.717, 1.165) is 54.2 Å². The summed E-state index contributed by atoms with van der Waals surface area (Å²) in [6.07, 6.45) is -4.65. The van der Waals surface area contributed by atoms with E-state index in [-0.39, 0.29) is 19.0 Å². The number of amides is 1. The number of aliphatic hydroxyl groups excluding tert-OH is 4. The third-order valence-corrected chi connectivity index (χ3v) is 10.4. The van der Waals surface area contributed by atoms with Crippen molar-refractivity contribution in [2.45, 2.75) is 71.1 Å². The van der Waals surface area contributed by atoms with Gasteiger partial charge in [0.15, 0.2) is 12.6 Å². The summed E-state index contributed by atoms with van der Waals surface area (Å²) < 4.78 is 13.2. The second kappa shape index (κ2) is 13.3. The highest BCUT2D eigenvalue weighted by atomic mass is 16.7. The molecule has 0 saturated carbocycles. The molecule has 1 saturated heterocycles. The molecule has 4 N–H and O–H groups in total. The van der Waals surface area contributed by atoms with Gasteiger partial charge in [-0.05, 0) is 51.5 Å². The minimum Gasteiger partial charge on any atom is -0.456 e. The number of rotatable bonds is 10. The van der Waals surface area contributed by atoms with Gasteiger partial charge in [-0.25, -0.2) is 0 Å². The van der Waals surface area contributed by atoms with Crippen molar-refractivity contribution in [3.8, 4) is 11.5 Å². The van der Waals surface area contributed by atoms with Gasteiger partial charge < -0.3 is 44.6 Å². The fourth-order valence-corrected chi connectivity index (χ4v) is 7.81. The molecule has 3 aliphatic rings. The van der Waals surface area contributed by atoms with E-state index in [1.807, 2.05) is 29.2 Å². The summed E-state index contributed by atoms with van der Waals surface area (Å²) in [7, 11) is 0. The first kappa shape index (κ1) is 33.9. The molecule has 3 aliphatic heterocycles. The second-order valence-electron chi connectivity index (χ2n) is 12.9. The number of benzene rings is 3. The molecular weight excluding hydrogens is 640 g/mol. The molecule has 13 nitrogen and oxygen atoms in total. The Balaban J connectivity index is 1.35. The first-order valence-electron chi connectivity index (χ1n) is 17.3. The smallest absolute Gasteiger partial charge is 0.255 e. The maximum Gasteiger partial charge on any atom is 0.255 e. The Kier molecular flexibility index (Phi) is 9.03. The lowest BCUT2D eigenvalue weighted by Crippen LogP contribution is -2.55. The SMILES string of the molecule is CCN(CC)c1ccc2c(c1)Oc1cc(N(CC)CC)ccc1C21c2ccccc2C(=O)N1Cc1cn(CC2[C@@H](O)[C@@H](O)[C@H](O)O[C@@H]2O)nn1. The molecule has 7 rings (SSSR count). The van der Waals surface area contributed by atoms with Crippen LogP contribution in [0.5, 0.6) is 11.5 Å². The summed E-state index contributed by atoms with van der Waals surface area (Å²) in [6, 6.07) is 20.1. The van der Waals surface area contributed by atoms with Crippen LogP contribution in [0, 0.1) is 5.92 Å². The van der Waals surface area contributed by atoms with Crippen LogP contribution in [-0.4, -0.2) is 97.2 Å². The van der Waals surface area contributed by atoms with E-state index in [9.17, 15) is 25.2 Å². The number of hydrogen-bond donors (Lipinski definition) is 4. The number of ether oxygens (including phenoxy) is 2. The maximum absolute atomic E-state index is 14.6. The molecule has 5 atom stereocenters. The highest BCUT2D eigenvalue weighted by molar-refractivity contribution is 6.02. The third-order valence-electron chi connectivity index (χ3n) is 10.4. The van der Waals surface area contributed by atoms with Crippen molar-refractivity contribution in [1.29, 1.82) is 0 Å². The third kappa shape index (κ3) is 5.31. The lowest BCUT2D eigenvalue weighted by molar-refractivity contribution is -0.319. The average Bonchev–Trinajstić information content (AvgIpc) is 3.67. The van der Waals surface area contributed by atoms with Crippen molar-refractivity contribution in [2.75, 3.05) is 36.0 Å². The van der Waals surface area contributed by atoms with Crippen molar-refractivity contribution in [3.63, 3.8) is 0 Å². The molecule has 1 spiro atoms. The lowest BCUT2D eigenvalue weighted by atomic mass is 9.74. The minimum atomic E-state index is -1.71. The van der Waals surface area contributed by atoms with Gasteiger partial charge in [-0.1, -0.05) is 35.5 Å². The molecule has 50 heavy (non-hydrogen) atoms. The number of nitrogens with zero attached hydrogens (tertiary/aromatic N) is 6. The van der Waals surface area contributed by atoms with Crippen molar-refractivity contribution in [1.82, 2.24) is 19.9 Å². The normalized spacial score (nSPS) is 23.3. The van der Waals surface area contributed by atoms with Crippen LogP contribution in [0.2, 0.25) is 0 Å². The summed E-state index contributed by atoms with van der Waals surface area (Å²) >= 11 is 0. The highest BCUT2D eigenvalue weighted by Gasteiger charge is 2.56. The number of fused-ring (bicyclic) bond motifs is 6. The molecule has 0 radical (unpaired) electrons. The number of aromatic nitrogens is 3. The maximum atomic E-state index is 14.6. The lowest BCUT2D eigenvalue weighted by Gasteiger charge is -2.44. The molecule has 1 unspecified atom stereocenters. The van der Waals surface area contributed by atoms with Gasteiger partial charge in [0.25, 0.3) is 5.91 Å². The van der Waals surface area contributed by atoms with Gasteiger partial charge in [0.05, 0.1) is 31.3 Å². The molecule has 4 heterocycles. The molecule has 1 fully saturated rings. The van der Waals surface area contributed by atoms with E-state index < -0.39 is 36.2 Å². The van der Waals surface area contributed by atoms with Gasteiger partial charge in [0.2, 0.25) is 0 Å². The summed E-state index contributed by atoms with van der Waals surface area (Å²) in [5, 5.41) is 49.5. The standard InChI is InChI=1S/C37H44N6O7/c1-5-40(6-2)23-13-15-28-30(17-23)49-31-18-24(41(7-3)8-4)14-16-29(31)37(28)27-12-10-9-11-25(27)34(46)43(37)20-22-19-42(39-38-22)21-26-32(44)33(45)36(48)50-35(26)47/h9-19,26,32-33,35-36,44-45,47-48H,5-8,20-21H2,1-4H3/t26?,32-,33-,35+,36-/m1/s1. The van der Waals surface area contributed by atoms with E-state index in [1.54, 1.807) is 6.20 Å². The molecule has 1 aromatic heterocycles. The number of aliphatic hydroxyl groups is 4. The van der Waals surface area contributed by atoms with Gasteiger partial charge in [-0.3, -0.25) is 9.48 Å². The number of carbonyl (C=O) groups is 1. The zero-order chi connectivity index (χ0) is 35.3. The van der Waals surface area contributed by atoms with Crippen LogP contribution in [0.4, 0.5) is 11.4 Å². The molecule has 13 heteroatoms. The van der Waals surface area contributed by atoms with Crippen molar-refractivity contribution in [3.05, 3.63) is 94.8 Å². The monoisotopic (exact) mass is 684 g/mol. The predicted octanol–water partition coefficient (Wildman–Crippen LogP) is 3.03. The van der Waals surface area contributed by atoms with Crippen molar-refractivity contribution < 1.29 is 34.7 Å². The van der Waals surface area contributed by atoms with Gasteiger partial charge >= 0.3 is 0 Å². The molecular formula is C37H44N6O7. The highest BCUT2D eigenvalue weighted by Crippen LogP contribution is 2.58. The van der Waals surface area contributed by atoms with Crippen molar-refractivity contribution in [2.24, 2.45) is 5.92 Å². The van der Waals surface area contributed by atoms with Crippen LogP contribution >= 0.6 is 0 Å². The molecule has 0 aliphatic carbocycles. The Labute approximate surface area is 290 Å². The van der Waals surface area contributed by atoms with Crippen LogP contribution in [-0.2, 0) is 23.4 Å². The Morgan fingerprint density at radius 3 is 1.98 bits per heavy atom. The quantitative estimate of drug-likeness (QED) is 0.195. The number of hydrogen-bond acceptors (Lipinski definition) is 11. The zero-order valence-electron chi connectivity index (χ0n) is 28.7. The Morgan fingerprint density at radius 1 is 0.780 bits per heavy atom. The van der Waals surface area contributed by atoms with Crippen LogP contribution in [0.25, 0.3) is 0 Å². The number of carbonyl (C=O) groups excluding carboxylic acids is 1. The Bertz CT molecular complexity index is 1810. The molecule has 4 aromatic rings. The van der Waals surface area contributed by atoms with Crippen LogP contribution in [0.3, 0.4) is 0 Å². The second-order valence-corrected chi connectivity index (χ2v) is 12.9. The van der Waals surface area contributed by atoms with Gasteiger partial charge in [0, 0.05) is 66.4 Å². The van der Waals surface area contributed by atoms with Crippen LogP contribution in [0.15, 0.2) is 66.9 Å². The van der Waals surface area contributed by atoms with E-state index >= 15 is 0 Å². The number of anilines is 2. The van der Waals surface area contributed by atoms with E-state index in [1.165, 1.54) is 4.68 Å². The molecule has 0 bridgehead atoms. The van der Waals surface area contributed by atoms with Gasteiger partial charge in [-0.15, -0.1) is 5.10 Å². The summed E-state index contributed by atoms with van der Waals surface area (Å²) in [5.41, 5.74) is 4.54. The Hall–Kier alpha value is -4.53. The topological polar surface area (TPSA) is 157 Å². The summed E-state index contributed by atoms with van der Waals surface area (Å²) in [6.45, 7) is 11.8. The van der Waals surface area contributed by atoms with Gasteiger partial charge in [0.1, 0.15) is 28.8 Å². The van der Waals surface area contributed by atoms with Gasteiger partial charge in [-0.2, -0.15) is 0 Å². The van der Waals surface area contributed by atoms with Crippen LogP contribution in [0.1, 0.15) is 60.4 Å². The van der Waals surface area contributed by atoms with E-state index in [4.69, 9.17) is 9.47 Å². The summed E-state index contributed by atoms with van der Waals surface area (Å²) in [5.74, 6) is 0.176. The first-order chi connectivity index (χ1) is 24.2. The van der Waals surface area contributed by atoms with E-state index in [0.29, 0.717) is 22.8 Å². The minimum absolute atomic E-state index is 0.0554. The fourth-order valence-electron chi connectivity index (χ4n) is 7.81. The largest absolute Gasteiger partial charge is 0.456 e. The molecule has 1 amide bonds. The zero-order valence-corrected chi connectivity index (χ0v) is 28.7. The molecule has 264 valence electrons. The summed E-state index contributed by atoms with van der Waals surface area (Å²) in [4.78, 5) is 20.9. The first-order valence-corrected chi connectivity index (χ1v) is 17.3. The predicted molar refractivity (Wildman–Crippen MR) is 185 cm³/mol. The Morgan fingerprint density at radius 2 is 1.38 bits per heavy atom. The fraction of sp³-hybridized carbons (Fsp3) is 0.432.